The van der Waals surface area contributed by atoms with E-state index in [2.05, 4.69) is 18.2 Å². The summed E-state index contributed by atoms with van der Waals surface area (Å²) in [5.74, 6) is 1.23. The third-order valence-corrected chi connectivity index (χ3v) is 4.66. The van der Waals surface area contributed by atoms with Crippen LogP contribution in [0.3, 0.4) is 0 Å². The molecule has 0 saturated carbocycles. The van der Waals surface area contributed by atoms with Crippen molar-refractivity contribution >= 4 is 5.91 Å². The normalized spacial score (nSPS) is 15.8. The molecule has 1 unspecified atom stereocenters. The van der Waals surface area contributed by atoms with E-state index in [1.54, 1.807) is 19.2 Å². The van der Waals surface area contributed by atoms with Gasteiger partial charge in [0.2, 0.25) is 0 Å². The maximum atomic E-state index is 13.0. The quantitative estimate of drug-likeness (QED) is 0.818. The van der Waals surface area contributed by atoms with Crippen molar-refractivity contribution in [1.82, 2.24) is 4.90 Å². The average molecular weight is 339 g/mol. The summed E-state index contributed by atoms with van der Waals surface area (Å²) in [6, 6.07) is 13.9. The molecule has 0 bridgehead atoms. The number of carbonyl (C=O) groups is 1. The van der Waals surface area contributed by atoms with Crippen molar-refractivity contribution in [2.75, 3.05) is 14.2 Å². The number of amides is 1. The van der Waals surface area contributed by atoms with E-state index in [1.807, 2.05) is 37.9 Å². The van der Waals surface area contributed by atoms with Gasteiger partial charge in [-0.05, 0) is 56.0 Å². The molecule has 0 radical (unpaired) electrons. The molecule has 1 atom stereocenters. The van der Waals surface area contributed by atoms with Crippen molar-refractivity contribution in [3.63, 3.8) is 0 Å². The van der Waals surface area contributed by atoms with Crippen molar-refractivity contribution < 1.29 is 14.3 Å². The number of carbonyl (C=O) groups excluding carboxylic acids is 1. The van der Waals surface area contributed by atoms with Gasteiger partial charge in [0.1, 0.15) is 0 Å². The number of hydrogen-bond acceptors (Lipinski definition) is 3. The minimum atomic E-state index is -0.00361. The van der Waals surface area contributed by atoms with Gasteiger partial charge in [-0.15, -0.1) is 0 Å². The summed E-state index contributed by atoms with van der Waals surface area (Å²) in [6.45, 7) is 3.92. The Kier molecular flexibility index (Phi) is 4.98. The first-order valence-corrected chi connectivity index (χ1v) is 8.71. The minimum Gasteiger partial charge on any atom is -0.493 e. The Bertz CT molecular complexity index is 769. The second kappa shape index (κ2) is 7.18. The van der Waals surface area contributed by atoms with E-state index in [9.17, 15) is 4.79 Å². The fourth-order valence-electron chi connectivity index (χ4n) is 3.43. The number of aryl methyl sites for hydroxylation is 1. The van der Waals surface area contributed by atoms with E-state index in [-0.39, 0.29) is 18.1 Å². The third-order valence-electron chi connectivity index (χ3n) is 4.66. The maximum Gasteiger partial charge on any atom is 0.254 e. The average Bonchev–Trinajstić information content (AvgIpc) is 3.04. The van der Waals surface area contributed by atoms with Gasteiger partial charge in [0.15, 0.2) is 11.5 Å². The topological polar surface area (TPSA) is 38.8 Å². The van der Waals surface area contributed by atoms with Gasteiger partial charge in [-0.2, -0.15) is 0 Å². The van der Waals surface area contributed by atoms with Crippen LogP contribution in [0.15, 0.2) is 42.5 Å². The number of rotatable bonds is 5. The Balaban J connectivity index is 1.83. The lowest BCUT2D eigenvalue weighted by Crippen LogP contribution is -2.30. The molecule has 25 heavy (non-hydrogen) atoms. The second-order valence-corrected chi connectivity index (χ2v) is 6.70. The zero-order valence-electron chi connectivity index (χ0n) is 15.3. The Hall–Kier alpha value is -2.49. The molecule has 1 aliphatic carbocycles. The Labute approximate surface area is 149 Å². The first kappa shape index (κ1) is 17.3. The molecule has 0 saturated heterocycles. The molecule has 4 heteroatoms. The van der Waals surface area contributed by atoms with Gasteiger partial charge in [-0.3, -0.25) is 4.79 Å². The van der Waals surface area contributed by atoms with Gasteiger partial charge in [-0.25, -0.2) is 0 Å². The van der Waals surface area contributed by atoms with Crippen LogP contribution in [-0.4, -0.2) is 31.1 Å². The number of ether oxygens (including phenoxy) is 2. The van der Waals surface area contributed by atoms with Crippen LogP contribution in [0.25, 0.3) is 0 Å². The number of hydrogen-bond donors (Lipinski definition) is 0. The summed E-state index contributed by atoms with van der Waals surface area (Å²) in [7, 11) is 3.47. The maximum absolute atomic E-state index is 13.0. The van der Waals surface area contributed by atoms with E-state index in [0.29, 0.717) is 17.1 Å². The van der Waals surface area contributed by atoms with Crippen molar-refractivity contribution in [3.8, 4) is 11.5 Å². The van der Waals surface area contributed by atoms with E-state index in [0.717, 1.165) is 12.8 Å². The standard InChI is InChI=1S/C21H25NO3/c1-14(2)25-19-12-10-16(13-20(19)24-4)21(23)22(3)18-11-9-15-7-5-6-8-17(15)18/h5-8,10,12-14,18H,9,11H2,1-4H3. The van der Waals surface area contributed by atoms with Gasteiger partial charge in [0.25, 0.3) is 5.91 Å². The molecular formula is C21H25NO3. The lowest BCUT2D eigenvalue weighted by atomic mass is 10.1. The Morgan fingerprint density at radius 3 is 2.64 bits per heavy atom. The largest absolute Gasteiger partial charge is 0.493 e. The molecule has 2 aromatic rings. The lowest BCUT2D eigenvalue weighted by Gasteiger charge is -2.26. The minimum absolute atomic E-state index is 0.00361. The highest BCUT2D eigenvalue weighted by Crippen LogP contribution is 2.36. The Morgan fingerprint density at radius 1 is 1.16 bits per heavy atom. The van der Waals surface area contributed by atoms with Crippen molar-refractivity contribution in [3.05, 3.63) is 59.2 Å². The first-order chi connectivity index (χ1) is 12.0. The summed E-state index contributed by atoms with van der Waals surface area (Å²) in [6.07, 6.45) is 2.03. The molecule has 0 N–H and O–H groups in total. The van der Waals surface area contributed by atoms with Gasteiger partial charge in [0.05, 0.1) is 19.3 Å². The van der Waals surface area contributed by atoms with Crippen LogP contribution in [0.1, 0.15) is 47.8 Å². The van der Waals surface area contributed by atoms with Crippen LogP contribution in [0.4, 0.5) is 0 Å². The molecule has 1 amide bonds. The summed E-state index contributed by atoms with van der Waals surface area (Å²) in [5, 5.41) is 0. The SMILES string of the molecule is COc1cc(C(=O)N(C)C2CCc3ccccc32)ccc1OC(C)C. The zero-order valence-corrected chi connectivity index (χ0v) is 15.3. The van der Waals surface area contributed by atoms with Crippen molar-refractivity contribution in [2.45, 2.75) is 38.8 Å². The predicted molar refractivity (Wildman–Crippen MR) is 98.4 cm³/mol. The molecule has 4 nitrogen and oxygen atoms in total. The van der Waals surface area contributed by atoms with E-state index in [4.69, 9.17) is 9.47 Å². The highest BCUT2D eigenvalue weighted by molar-refractivity contribution is 5.95. The van der Waals surface area contributed by atoms with Gasteiger partial charge in [0, 0.05) is 12.6 Å². The van der Waals surface area contributed by atoms with Gasteiger partial charge in [-0.1, -0.05) is 24.3 Å². The molecule has 3 rings (SSSR count). The fraction of sp³-hybridized carbons (Fsp3) is 0.381. The summed E-state index contributed by atoms with van der Waals surface area (Å²) in [4.78, 5) is 14.8. The molecule has 0 aromatic heterocycles. The molecule has 0 spiro atoms. The summed E-state index contributed by atoms with van der Waals surface area (Å²) < 4.78 is 11.1. The number of methoxy groups -OCH3 is 1. The van der Waals surface area contributed by atoms with Gasteiger partial charge >= 0.3 is 0 Å². The lowest BCUT2D eigenvalue weighted by molar-refractivity contribution is 0.0730. The van der Waals surface area contributed by atoms with Crippen LogP contribution in [0.2, 0.25) is 0 Å². The molecule has 132 valence electrons. The molecule has 2 aromatic carbocycles. The molecule has 0 aliphatic heterocycles. The van der Waals surface area contributed by atoms with E-state index < -0.39 is 0 Å². The molecule has 0 fully saturated rings. The van der Waals surface area contributed by atoms with Crippen LogP contribution < -0.4 is 9.47 Å². The van der Waals surface area contributed by atoms with Crippen LogP contribution in [-0.2, 0) is 6.42 Å². The molecule has 1 aliphatic rings. The van der Waals surface area contributed by atoms with Gasteiger partial charge < -0.3 is 14.4 Å². The highest BCUT2D eigenvalue weighted by atomic mass is 16.5. The van der Waals surface area contributed by atoms with E-state index in [1.165, 1.54) is 11.1 Å². The van der Waals surface area contributed by atoms with Crippen molar-refractivity contribution in [2.24, 2.45) is 0 Å². The third kappa shape index (κ3) is 3.48. The number of fused-ring (bicyclic) bond motifs is 1. The summed E-state index contributed by atoms with van der Waals surface area (Å²) in [5.41, 5.74) is 3.20. The predicted octanol–water partition coefficient (Wildman–Crippen LogP) is 4.24. The highest BCUT2D eigenvalue weighted by Gasteiger charge is 2.29. The van der Waals surface area contributed by atoms with E-state index >= 15 is 0 Å². The Morgan fingerprint density at radius 2 is 1.92 bits per heavy atom. The van der Waals surface area contributed by atoms with Crippen molar-refractivity contribution in [1.29, 1.82) is 0 Å². The number of benzene rings is 2. The summed E-state index contributed by atoms with van der Waals surface area (Å²) >= 11 is 0. The monoisotopic (exact) mass is 339 g/mol. The zero-order chi connectivity index (χ0) is 18.0. The fourth-order valence-corrected chi connectivity index (χ4v) is 3.43. The second-order valence-electron chi connectivity index (χ2n) is 6.70. The van der Waals surface area contributed by atoms with Crippen LogP contribution in [0.5, 0.6) is 11.5 Å². The molecule has 0 heterocycles. The smallest absolute Gasteiger partial charge is 0.254 e. The first-order valence-electron chi connectivity index (χ1n) is 8.71. The van der Waals surface area contributed by atoms with Crippen LogP contribution >= 0.6 is 0 Å². The number of nitrogens with zero attached hydrogens (tertiary/aromatic N) is 1. The molecular weight excluding hydrogens is 314 g/mol. The van der Waals surface area contributed by atoms with Crippen LogP contribution in [0, 0.1) is 0 Å².